The molecule has 0 unspecified atom stereocenters. The number of rotatable bonds is 15. The van der Waals surface area contributed by atoms with Crippen LogP contribution in [0.25, 0.3) is 57.3 Å². The summed E-state index contributed by atoms with van der Waals surface area (Å²) < 4.78 is 78.2. The Bertz CT molecular complexity index is 8460. The minimum Gasteiger partial charge on any atom is -0.447 e. The number of nitriles is 2. The number of oxazole rings is 2. The molecule has 0 radical (unpaired) electrons. The Morgan fingerprint density at radius 3 is 0.893 bits per heavy atom. The van der Waals surface area contributed by atoms with E-state index in [1.807, 2.05) is 17.0 Å². The number of aromatic nitrogens is 29. The van der Waals surface area contributed by atoms with Crippen LogP contribution in [0.1, 0.15) is 177 Å². The molecule has 25 rings (SSSR count). The maximum Gasteiger partial charge on any atom is 0.276 e. The summed E-state index contributed by atoms with van der Waals surface area (Å²) in [6.07, 6.45) is 23.9. The van der Waals surface area contributed by atoms with Crippen molar-refractivity contribution < 1.29 is 50.4 Å². The normalized spacial score (nSPS) is 15.6. The molecule has 0 spiro atoms. The number of piperidine rings is 2. The van der Waals surface area contributed by atoms with Crippen molar-refractivity contribution in [1.82, 2.24) is 171 Å². The van der Waals surface area contributed by atoms with E-state index in [1.54, 1.807) is 163 Å². The molecule has 0 atom stereocenters. The lowest BCUT2D eigenvalue weighted by Gasteiger charge is -2.46. The van der Waals surface area contributed by atoms with Crippen LogP contribution < -0.4 is 27.8 Å². The number of nitrogens with one attached hydrogen (secondary N) is 5. The van der Waals surface area contributed by atoms with Crippen LogP contribution in [0.3, 0.4) is 0 Å². The maximum absolute atomic E-state index is 13.3. The molecule has 5 N–H and O–H groups in total. The first-order chi connectivity index (χ1) is 72.4. The van der Waals surface area contributed by atoms with Crippen molar-refractivity contribution in [2.24, 2.45) is 0 Å². The van der Waals surface area contributed by atoms with Crippen LogP contribution in [0.4, 0.5) is 17.6 Å². The largest absolute Gasteiger partial charge is 0.447 e. The molecule has 6 fully saturated rings. The Labute approximate surface area is 840 Å². The second-order valence-electron chi connectivity index (χ2n) is 36.7. The Balaban J connectivity index is 0.000000109. The van der Waals surface area contributed by atoms with Crippen LogP contribution in [0.15, 0.2) is 205 Å². The van der Waals surface area contributed by atoms with Crippen molar-refractivity contribution in [3.05, 3.63) is 326 Å². The van der Waals surface area contributed by atoms with E-state index < -0.39 is 17.8 Å². The van der Waals surface area contributed by atoms with E-state index >= 15 is 0 Å². The third-order valence-electron chi connectivity index (χ3n) is 27.7. The van der Waals surface area contributed by atoms with E-state index in [0.29, 0.717) is 200 Å². The van der Waals surface area contributed by atoms with Gasteiger partial charge in [0.1, 0.15) is 52.2 Å². The first-order valence-electron chi connectivity index (χ1n) is 47.6. The standard InChI is InChI=1S/2C20H18N8O3.C19H21F2N7O2.2C19H16FN7O2/c2*1-12-15(10-22-28(12)20-24-17(29)16-3-2-6-27(16)25-20)19(30)26-7-4-13(5-8-26)18-23-14(9-21)11-31-18;1-12-14(11-22-28(12)18-23-16(29)15-3-2-4-27(15)24-18)17(30)26-7-5-25(6-8-26)13-9-19(20,21)10-13;2*1-11-14(18(29)25-9-13(10-25)12-4-5-21-16(20)7-12)8-22-27(11)19-23-17(28)15-3-2-6-26(15)24-19/h2*2-3,6,10-11,13H,4-5,7-8H2,1H3,(H,24,25,29);2-4,11,13H,5-10H2,1H3,(H,23,24,29);2*2-8,13H,9-10H2,1H3,(H,23,24,28). The second-order valence-corrected chi connectivity index (χ2v) is 36.7. The highest BCUT2D eigenvalue weighted by molar-refractivity contribution is 5.98. The number of carbonyl (C=O) groups is 5. The lowest BCUT2D eigenvalue weighted by molar-refractivity contribution is -0.128. The molecule has 6 aliphatic rings. The van der Waals surface area contributed by atoms with Crippen molar-refractivity contribution in [2.45, 2.75) is 109 Å². The van der Waals surface area contributed by atoms with Gasteiger partial charge in [-0.25, -0.2) is 74.7 Å². The first-order valence-corrected chi connectivity index (χ1v) is 47.6. The number of H-pyrrole nitrogens is 5. The molecule has 5 amide bonds. The first kappa shape index (κ1) is 97.0. The molecule has 150 heavy (non-hydrogen) atoms. The van der Waals surface area contributed by atoms with E-state index in [-0.39, 0.29) is 141 Å². The second kappa shape index (κ2) is 39.8. The van der Waals surface area contributed by atoms with Gasteiger partial charge in [-0.1, -0.05) is 0 Å². The predicted octanol–water partition coefficient (Wildman–Crippen LogP) is 6.45. The molecule has 1 saturated carbocycles. The zero-order valence-corrected chi connectivity index (χ0v) is 80.5. The van der Waals surface area contributed by atoms with E-state index in [1.165, 1.54) is 114 Å². The molecule has 19 aromatic heterocycles. The van der Waals surface area contributed by atoms with E-state index in [9.17, 15) is 65.5 Å². The molecule has 0 bridgehead atoms. The van der Waals surface area contributed by atoms with Gasteiger partial charge in [0, 0.05) is 164 Å². The summed E-state index contributed by atoms with van der Waals surface area (Å²) in [7, 11) is 0. The number of alkyl halides is 2. The number of amides is 5. The number of aromatic amines is 5. The number of nitrogens with zero attached hydrogens (tertiary/aromatic N) is 32. The van der Waals surface area contributed by atoms with Gasteiger partial charge in [-0.15, -0.1) is 25.5 Å². The molecule has 762 valence electrons. The molecule has 19 aromatic rings. The minimum absolute atomic E-state index is 0.0811. The van der Waals surface area contributed by atoms with Gasteiger partial charge in [-0.3, -0.25) is 77.8 Å². The molecule has 1 aliphatic carbocycles. The van der Waals surface area contributed by atoms with Crippen molar-refractivity contribution in [3.8, 4) is 41.9 Å². The van der Waals surface area contributed by atoms with Crippen LogP contribution in [-0.4, -0.2) is 291 Å². The molecule has 24 heterocycles. The van der Waals surface area contributed by atoms with Crippen molar-refractivity contribution >= 4 is 57.1 Å². The number of pyridine rings is 2. The van der Waals surface area contributed by atoms with Crippen molar-refractivity contribution in [2.75, 3.05) is 78.5 Å². The van der Waals surface area contributed by atoms with Gasteiger partial charge in [0.05, 0.1) is 87.3 Å². The molecule has 53 heteroatoms. The highest BCUT2D eigenvalue weighted by Crippen LogP contribution is 2.41. The molecule has 49 nitrogen and oxygen atoms in total. The van der Waals surface area contributed by atoms with E-state index in [2.05, 4.69) is 95.8 Å². The summed E-state index contributed by atoms with van der Waals surface area (Å²) in [5, 5.41) is 60.8. The van der Waals surface area contributed by atoms with Crippen LogP contribution in [0, 0.1) is 69.2 Å². The number of likely N-dealkylation sites (tertiary alicyclic amines) is 4. The summed E-state index contributed by atoms with van der Waals surface area (Å²) in [4.78, 5) is 166. The van der Waals surface area contributed by atoms with Gasteiger partial charge in [-0.2, -0.15) is 44.8 Å². The Morgan fingerprint density at radius 1 is 0.373 bits per heavy atom. The third kappa shape index (κ3) is 18.9. The quantitative estimate of drug-likeness (QED) is 0.0544. The molecule has 5 saturated heterocycles. The van der Waals surface area contributed by atoms with Gasteiger partial charge < -0.3 is 33.3 Å². The summed E-state index contributed by atoms with van der Waals surface area (Å²) >= 11 is 0. The Kier molecular flexibility index (Phi) is 25.7. The fourth-order valence-electron chi connectivity index (χ4n) is 19.1. The summed E-state index contributed by atoms with van der Waals surface area (Å²) in [5.74, 6) is -1.77. The minimum atomic E-state index is -2.54. The van der Waals surface area contributed by atoms with Gasteiger partial charge in [0.25, 0.3) is 63.3 Å². The van der Waals surface area contributed by atoms with Gasteiger partial charge >= 0.3 is 0 Å². The number of hydrogen-bond donors (Lipinski definition) is 5. The topological polar surface area (TPSA) is 570 Å². The van der Waals surface area contributed by atoms with Crippen LogP contribution in [-0.2, 0) is 0 Å². The lowest BCUT2D eigenvalue weighted by Crippen LogP contribution is -2.57. The van der Waals surface area contributed by atoms with E-state index in [0.717, 1.165) is 11.1 Å². The van der Waals surface area contributed by atoms with Crippen LogP contribution in [0.2, 0.25) is 0 Å². The SMILES string of the molecule is Cc1c(C(=O)N2CC(c3ccnc(F)c3)C2)cnn1-c1nn2cccc2c(=O)[nH]1.Cc1c(C(=O)N2CC(c3ccnc(F)c3)C2)cnn1-c1nn2cccc2c(=O)[nH]1.Cc1c(C(=O)N2CCC(c3nc(C#N)co3)CC2)cnn1-c1nn2cccc2c(=O)[nH]1.Cc1c(C(=O)N2CCC(c3nc(C#N)co3)CC2)cnn1-c1nn2cccc2c(=O)[nH]1.Cc1c(C(=O)N2CCN(C3CC(F)(F)C3)CC2)cnn1-c1nn2cccc2c(=O)[nH]1. The summed E-state index contributed by atoms with van der Waals surface area (Å²) in [6, 6.07) is 27.1. The smallest absolute Gasteiger partial charge is 0.276 e. The van der Waals surface area contributed by atoms with Crippen molar-refractivity contribution in [1.29, 1.82) is 10.5 Å². The number of halogens is 4. The van der Waals surface area contributed by atoms with Gasteiger partial charge in [0.15, 0.2) is 23.2 Å². The monoisotopic (exact) mass is 2040 g/mol. The molecule has 0 aromatic carbocycles. The Hall–Kier alpha value is -19.1. The van der Waals surface area contributed by atoms with Gasteiger partial charge in [0.2, 0.25) is 41.6 Å². The van der Waals surface area contributed by atoms with Crippen molar-refractivity contribution in [3.63, 3.8) is 0 Å². The zero-order chi connectivity index (χ0) is 104. The number of fused-ring (bicyclic) bond motifs is 5. The van der Waals surface area contributed by atoms with Gasteiger partial charge in [-0.05, 0) is 156 Å². The molecule has 5 aliphatic heterocycles. The Morgan fingerprint density at radius 2 is 0.640 bits per heavy atom. The zero-order valence-electron chi connectivity index (χ0n) is 80.5. The third-order valence-corrected chi connectivity index (χ3v) is 27.7. The van der Waals surface area contributed by atoms with Crippen LogP contribution >= 0.6 is 0 Å². The fourth-order valence-corrected chi connectivity index (χ4v) is 19.1. The molecular weight excluding hydrogens is 1950 g/mol. The van der Waals surface area contributed by atoms with E-state index in [4.69, 9.17) is 19.4 Å². The van der Waals surface area contributed by atoms with Crippen LogP contribution in [0.5, 0.6) is 0 Å². The number of carbonyl (C=O) groups excluding carboxylic acids is 5. The summed E-state index contributed by atoms with van der Waals surface area (Å²) in [6.45, 7) is 15.1. The number of piperazine rings is 1. The predicted molar refractivity (Wildman–Crippen MR) is 518 cm³/mol. The molecular formula is C97H89F4N37O12. The average Bonchev–Trinajstić information content (AvgIpc) is 1.69. The fraction of sp³-hybridized carbons (Fsp3) is 0.299. The lowest BCUT2D eigenvalue weighted by atomic mass is 9.86. The highest BCUT2D eigenvalue weighted by Gasteiger charge is 2.49. The maximum atomic E-state index is 13.3. The average molecular weight is 2040 g/mol. The summed E-state index contributed by atoms with van der Waals surface area (Å²) in [5.41, 5.74) is 7.95. The highest BCUT2D eigenvalue weighted by atomic mass is 19.3. The number of hydrogen-bond acceptors (Lipinski definition) is 29.